The van der Waals surface area contributed by atoms with E-state index < -0.39 is 5.60 Å². The van der Waals surface area contributed by atoms with Crippen LogP contribution >= 0.6 is 0 Å². The van der Waals surface area contributed by atoms with Crippen LogP contribution in [0.3, 0.4) is 0 Å². The maximum absolute atomic E-state index is 12.3. The van der Waals surface area contributed by atoms with Crippen LogP contribution in [0.5, 0.6) is 0 Å². The van der Waals surface area contributed by atoms with Crippen LogP contribution in [0, 0.1) is 0 Å². The van der Waals surface area contributed by atoms with Crippen molar-refractivity contribution in [1.82, 2.24) is 9.88 Å². The van der Waals surface area contributed by atoms with Crippen LogP contribution in [-0.4, -0.2) is 41.2 Å². The average molecular weight is 319 g/mol. The van der Waals surface area contributed by atoms with Crippen molar-refractivity contribution in [3.63, 3.8) is 0 Å². The normalized spacial score (nSPS) is 17.9. The molecule has 0 bridgehead atoms. The van der Waals surface area contributed by atoms with Crippen LogP contribution in [0.2, 0.25) is 0 Å². The van der Waals surface area contributed by atoms with Gasteiger partial charge in [-0.25, -0.2) is 9.78 Å². The quantitative estimate of drug-likeness (QED) is 0.832. The first kappa shape index (κ1) is 17.6. The van der Waals surface area contributed by atoms with E-state index in [1.807, 2.05) is 26.8 Å². The highest BCUT2D eigenvalue weighted by atomic mass is 16.6. The molecule has 1 aliphatic rings. The molecule has 0 saturated carbocycles. The maximum atomic E-state index is 12.3. The highest BCUT2D eigenvalue weighted by Crippen LogP contribution is 2.29. The Morgan fingerprint density at radius 2 is 2.04 bits per heavy atom. The van der Waals surface area contributed by atoms with E-state index in [0.29, 0.717) is 19.1 Å². The van der Waals surface area contributed by atoms with Gasteiger partial charge in [0.1, 0.15) is 11.4 Å². The van der Waals surface area contributed by atoms with Gasteiger partial charge in [0.15, 0.2) is 0 Å². The number of hydrogen-bond donors (Lipinski definition) is 0. The summed E-state index contributed by atoms with van der Waals surface area (Å²) >= 11 is 0. The molecular formula is C18H29N3O2. The standard InChI is InChI=1S/C18H29N3O2/c1-12(2)20(7)15-9-8-14-11-21(10-13(3)16(14)19-15)17(22)23-18(4,5)6/h8-9,12-13H,10-11H2,1-7H3/t13-/m0/s1. The smallest absolute Gasteiger partial charge is 0.410 e. The van der Waals surface area contributed by atoms with Crippen molar-refractivity contribution in [2.75, 3.05) is 18.5 Å². The van der Waals surface area contributed by atoms with Gasteiger partial charge in [0.2, 0.25) is 0 Å². The molecule has 0 aliphatic carbocycles. The lowest BCUT2D eigenvalue weighted by Gasteiger charge is -2.34. The van der Waals surface area contributed by atoms with E-state index in [4.69, 9.17) is 9.72 Å². The van der Waals surface area contributed by atoms with E-state index in [1.54, 1.807) is 4.90 Å². The lowest BCUT2D eigenvalue weighted by Crippen LogP contribution is -2.41. The lowest BCUT2D eigenvalue weighted by molar-refractivity contribution is 0.0207. The Morgan fingerprint density at radius 1 is 1.39 bits per heavy atom. The fraction of sp³-hybridized carbons (Fsp3) is 0.667. The van der Waals surface area contributed by atoms with Gasteiger partial charge in [-0.15, -0.1) is 0 Å². The Bertz CT molecular complexity index is 578. The predicted octanol–water partition coefficient (Wildman–Crippen LogP) is 3.78. The second-order valence-corrected chi connectivity index (χ2v) is 7.68. The third-order valence-electron chi connectivity index (χ3n) is 4.11. The molecule has 1 aromatic rings. The zero-order chi connectivity index (χ0) is 17.4. The molecular weight excluding hydrogens is 290 g/mol. The van der Waals surface area contributed by atoms with Crippen LogP contribution in [0.15, 0.2) is 12.1 Å². The van der Waals surface area contributed by atoms with E-state index in [-0.39, 0.29) is 12.0 Å². The van der Waals surface area contributed by atoms with Gasteiger partial charge in [0.25, 0.3) is 0 Å². The van der Waals surface area contributed by atoms with Gasteiger partial charge in [-0.1, -0.05) is 13.0 Å². The lowest BCUT2D eigenvalue weighted by atomic mass is 9.96. The number of hydrogen-bond acceptors (Lipinski definition) is 4. The Morgan fingerprint density at radius 3 is 2.61 bits per heavy atom. The highest BCUT2D eigenvalue weighted by Gasteiger charge is 2.30. The van der Waals surface area contributed by atoms with Crippen molar-refractivity contribution in [2.24, 2.45) is 0 Å². The first-order valence-electron chi connectivity index (χ1n) is 8.29. The molecule has 1 atom stereocenters. The molecule has 0 aromatic carbocycles. The molecule has 0 saturated heterocycles. The first-order chi connectivity index (χ1) is 10.6. The molecule has 0 N–H and O–H groups in total. The van der Waals surface area contributed by atoms with Crippen LogP contribution in [0.1, 0.15) is 58.7 Å². The molecule has 2 heterocycles. The topological polar surface area (TPSA) is 45.7 Å². The summed E-state index contributed by atoms with van der Waals surface area (Å²) in [6, 6.07) is 4.52. The number of amides is 1. The number of anilines is 1. The summed E-state index contributed by atoms with van der Waals surface area (Å²) in [5, 5.41) is 0. The van der Waals surface area contributed by atoms with E-state index in [0.717, 1.165) is 17.1 Å². The molecule has 2 rings (SSSR count). The summed E-state index contributed by atoms with van der Waals surface area (Å²) < 4.78 is 5.49. The van der Waals surface area contributed by atoms with Gasteiger partial charge < -0.3 is 14.5 Å². The first-order valence-corrected chi connectivity index (χ1v) is 8.29. The van der Waals surface area contributed by atoms with Gasteiger partial charge in [0, 0.05) is 25.6 Å². The van der Waals surface area contributed by atoms with E-state index in [2.05, 4.69) is 38.8 Å². The predicted molar refractivity (Wildman–Crippen MR) is 92.8 cm³/mol. The van der Waals surface area contributed by atoms with Gasteiger partial charge in [-0.2, -0.15) is 0 Å². The van der Waals surface area contributed by atoms with Crippen molar-refractivity contribution >= 4 is 11.9 Å². The van der Waals surface area contributed by atoms with Crippen molar-refractivity contribution < 1.29 is 9.53 Å². The Labute approximate surface area is 139 Å². The third-order valence-corrected chi connectivity index (χ3v) is 4.11. The molecule has 1 amide bonds. The second kappa shape index (κ2) is 6.38. The molecule has 5 nitrogen and oxygen atoms in total. The molecule has 5 heteroatoms. The largest absolute Gasteiger partial charge is 0.444 e. The summed E-state index contributed by atoms with van der Waals surface area (Å²) in [6.07, 6.45) is -0.252. The molecule has 23 heavy (non-hydrogen) atoms. The van der Waals surface area contributed by atoms with Crippen molar-refractivity contribution in [1.29, 1.82) is 0 Å². The summed E-state index contributed by atoms with van der Waals surface area (Å²) in [5.41, 5.74) is 1.73. The summed E-state index contributed by atoms with van der Waals surface area (Å²) in [5.74, 6) is 1.18. The van der Waals surface area contributed by atoms with Crippen LogP contribution in [-0.2, 0) is 11.3 Å². The number of aromatic nitrogens is 1. The van der Waals surface area contributed by atoms with E-state index in [1.165, 1.54) is 0 Å². The molecule has 1 aliphatic heterocycles. The van der Waals surface area contributed by atoms with Crippen molar-refractivity contribution in [3.8, 4) is 0 Å². The van der Waals surface area contributed by atoms with Crippen LogP contribution < -0.4 is 4.90 Å². The number of nitrogens with zero attached hydrogens (tertiary/aromatic N) is 3. The fourth-order valence-electron chi connectivity index (χ4n) is 2.67. The van der Waals surface area contributed by atoms with E-state index in [9.17, 15) is 4.79 Å². The van der Waals surface area contributed by atoms with Crippen LogP contribution in [0.25, 0.3) is 0 Å². The van der Waals surface area contributed by atoms with Crippen molar-refractivity contribution in [3.05, 3.63) is 23.4 Å². The number of rotatable bonds is 2. The van der Waals surface area contributed by atoms with Crippen LogP contribution in [0.4, 0.5) is 10.6 Å². The number of pyridine rings is 1. The van der Waals surface area contributed by atoms with Gasteiger partial charge in [-0.3, -0.25) is 0 Å². The monoisotopic (exact) mass is 319 g/mol. The molecule has 0 fully saturated rings. The minimum atomic E-state index is -0.470. The molecule has 0 unspecified atom stereocenters. The fourth-order valence-corrected chi connectivity index (χ4v) is 2.67. The minimum Gasteiger partial charge on any atom is -0.444 e. The zero-order valence-corrected chi connectivity index (χ0v) is 15.4. The molecule has 0 spiro atoms. The van der Waals surface area contributed by atoms with E-state index >= 15 is 0 Å². The summed E-state index contributed by atoms with van der Waals surface area (Å²) in [4.78, 5) is 21.1. The Balaban J connectivity index is 2.20. The summed E-state index contributed by atoms with van der Waals surface area (Å²) in [6.45, 7) is 13.3. The molecule has 128 valence electrons. The molecule has 0 radical (unpaired) electrons. The Kier molecular flexibility index (Phi) is 4.87. The number of carbonyl (C=O) groups excluding carboxylic acids is 1. The number of fused-ring (bicyclic) bond motifs is 1. The average Bonchev–Trinajstić information content (AvgIpc) is 2.44. The zero-order valence-electron chi connectivity index (χ0n) is 15.4. The van der Waals surface area contributed by atoms with Gasteiger partial charge in [-0.05, 0) is 46.2 Å². The van der Waals surface area contributed by atoms with Gasteiger partial charge >= 0.3 is 6.09 Å². The number of carbonyl (C=O) groups is 1. The molecule has 1 aromatic heterocycles. The van der Waals surface area contributed by atoms with Crippen molar-refractivity contribution in [2.45, 2.75) is 65.6 Å². The third kappa shape index (κ3) is 4.15. The Hall–Kier alpha value is -1.78. The second-order valence-electron chi connectivity index (χ2n) is 7.68. The summed E-state index contributed by atoms with van der Waals surface area (Å²) in [7, 11) is 2.06. The minimum absolute atomic E-state index is 0.201. The SMILES string of the molecule is CC(C)N(C)c1ccc2c(n1)[C@@H](C)CN(C(=O)OC(C)(C)C)C2. The van der Waals surface area contributed by atoms with Gasteiger partial charge in [0.05, 0.1) is 12.2 Å². The number of ether oxygens (including phenoxy) is 1. The highest BCUT2D eigenvalue weighted by molar-refractivity contribution is 5.69. The maximum Gasteiger partial charge on any atom is 0.410 e.